The molecule has 1 aromatic carbocycles. The van der Waals surface area contributed by atoms with E-state index in [9.17, 15) is 9.59 Å². The molecule has 0 saturated carbocycles. The van der Waals surface area contributed by atoms with Gasteiger partial charge in [0.05, 0.1) is 11.3 Å². The molecule has 0 spiro atoms. The first-order chi connectivity index (χ1) is 15.5. The second kappa shape index (κ2) is 9.64. The summed E-state index contributed by atoms with van der Waals surface area (Å²) in [6, 6.07) is 15.7. The number of piperazine rings is 1. The Balaban J connectivity index is 1.22. The van der Waals surface area contributed by atoms with Gasteiger partial charge in [-0.25, -0.2) is 9.67 Å². The molecule has 8 heteroatoms. The van der Waals surface area contributed by atoms with Crippen molar-refractivity contribution in [3.8, 4) is 5.82 Å². The quantitative estimate of drug-likeness (QED) is 0.647. The Hall–Kier alpha value is -3.68. The standard InChI is InChI=1S/C24H28N6O2/c1-18-16-19(2)30(27-18)22-9-8-20(17-26-22)24(32)25-11-10-23(31)29-14-12-28(13-15-29)21-6-4-3-5-7-21/h3-9,16-17H,10-15H2,1-2H3,(H,25,32). The number of anilines is 1. The van der Waals surface area contributed by atoms with E-state index in [1.54, 1.807) is 16.8 Å². The highest BCUT2D eigenvalue weighted by molar-refractivity contribution is 5.94. The maximum atomic E-state index is 12.5. The minimum absolute atomic E-state index is 0.0658. The maximum absolute atomic E-state index is 12.5. The number of benzene rings is 1. The van der Waals surface area contributed by atoms with Gasteiger partial charge in [0.1, 0.15) is 0 Å². The topological polar surface area (TPSA) is 83.4 Å². The number of pyridine rings is 1. The van der Waals surface area contributed by atoms with Gasteiger partial charge < -0.3 is 15.1 Å². The summed E-state index contributed by atoms with van der Waals surface area (Å²) in [5.74, 6) is 0.493. The Morgan fingerprint density at radius 3 is 2.38 bits per heavy atom. The molecule has 1 N–H and O–H groups in total. The van der Waals surface area contributed by atoms with Gasteiger partial charge in [-0.05, 0) is 44.2 Å². The van der Waals surface area contributed by atoms with Gasteiger partial charge in [-0.2, -0.15) is 5.10 Å². The molecular formula is C24H28N6O2. The molecular weight excluding hydrogens is 404 g/mol. The van der Waals surface area contributed by atoms with Crippen LogP contribution in [0.25, 0.3) is 5.82 Å². The fraction of sp³-hybridized carbons (Fsp3) is 0.333. The molecule has 0 atom stereocenters. The number of aryl methyl sites for hydroxylation is 2. The lowest BCUT2D eigenvalue weighted by Gasteiger charge is -2.36. The van der Waals surface area contributed by atoms with E-state index in [0.29, 0.717) is 31.0 Å². The molecule has 166 valence electrons. The number of nitrogens with zero attached hydrogens (tertiary/aromatic N) is 5. The van der Waals surface area contributed by atoms with E-state index in [4.69, 9.17) is 0 Å². The molecule has 1 fully saturated rings. The van der Waals surface area contributed by atoms with Crippen LogP contribution in [0.1, 0.15) is 28.2 Å². The van der Waals surface area contributed by atoms with Crippen LogP contribution >= 0.6 is 0 Å². The SMILES string of the molecule is Cc1cc(C)n(-c2ccc(C(=O)NCCC(=O)N3CCN(c4ccccc4)CC3)cn2)n1. The van der Waals surface area contributed by atoms with Crippen molar-refractivity contribution in [3.05, 3.63) is 71.7 Å². The molecule has 1 saturated heterocycles. The summed E-state index contributed by atoms with van der Waals surface area (Å²) in [6.07, 6.45) is 1.82. The van der Waals surface area contributed by atoms with Crippen molar-refractivity contribution in [1.29, 1.82) is 0 Å². The summed E-state index contributed by atoms with van der Waals surface area (Å²) < 4.78 is 1.74. The first kappa shape index (κ1) is 21.5. The van der Waals surface area contributed by atoms with Crippen LogP contribution < -0.4 is 10.2 Å². The van der Waals surface area contributed by atoms with Crippen molar-refractivity contribution in [2.45, 2.75) is 20.3 Å². The van der Waals surface area contributed by atoms with Crippen LogP contribution in [-0.4, -0.2) is 64.2 Å². The van der Waals surface area contributed by atoms with Crippen LogP contribution in [-0.2, 0) is 4.79 Å². The molecule has 1 aliphatic heterocycles. The third-order valence-corrected chi connectivity index (χ3v) is 5.61. The zero-order chi connectivity index (χ0) is 22.5. The van der Waals surface area contributed by atoms with Gasteiger partial charge >= 0.3 is 0 Å². The Morgan fingerprint density at radius 2 is 1.75 bits per heavy atom. The van der Waals surface area contributed by atoms with E-state index in [2.05, 4.69) is 32.4 Å². The zero-order valence-electron chi connectivity index (χ0n) is 18.5. The molecule has 0 aliphatic carbocycles. The number of para-hydroxylation sites is 1. The van der Waals surface area contributed by atoms with Gasteiger partial charge in [0.15, 0.2) is 5.82 Å². The third kappa shape index (κ3) is 4.96. The number of hydrogen-bond acceptors (Lipinski definition) is 5. The van der Waals surface area contributed by atoms with Crippen LogP contribution in [0.15, 0.2) is 54.7 Å². The van der Waals surface area contributed by atoms with Crippen molar-refractivity contribution < 1.29 is 9.59 Å². The van der Waals surface area contributed by atoms with Crippen molar-refractivity contribution in [2.75, 3.05) is 37.6 Å². The Bertz CT molecular complexity index is 1070. The van der Waals surface area contributed by atoms with Gasteiger partial charge in [-0.15, -0.1) is 0 Å². The smallest absolute Gasteiger partial charge is 0.252 e. The predicted molar refractivity (Wildman–Crippen MR) is 123 cm³/mol. The molecule has 0 unspecified atom stereocenters. The summed E-state index contributed by atoms with van der Waals surface area (Å²) in [5, 5.41) is 7.22. The minimum Gasteiger partial charge on any atom is -0.368 e. The second-order valence-electron chi connectivity index (χ2n) is 7.95. The van der Waals surface area contributed by atoms with Crippen LogP contribution in [0.5, 0.6) is 0 Å². The predicted octanol–water partition coefficient (Wildman–Crippen LogP) is 2.35. The van der Waals surface area contributed by atoms with Crippen molar-refractivity contribution in [2.24, 2.45) is 0 Å². The molecule has 32 heavy (non-hydrogen) atoms. The average Bonchev–Trinajstić information content (AvgIpc) is 3.17. The lowest BCUT2D eigenvalue weighted by atomic mass is 10.2. The molecule has 0 bridgehead atoms. The maximum Gasteiger partial charge on any atom is 0.252 e. The summed E-state index contributed by atoms with van der Waals surface area (Å²) in [4.78, 5) is 33.5. The highest BCUT2D eigenvalue weighted by atomic mass is 16.2. The summed E-state index contributed by atoms with van der Waals surface area (Å²) in [6.45, 7) is 7.20. The van der Waals surface area contributed by atoms with E-state index in [1.165, 1.54) is 11.9 Å². The number of carbonyl (C=O) groups is 2. The number of carbonyl (C=O) groups excluding carboxylic acids is 2. The van der Waals surface area contributed by atoms with Gasteiger partial charge in [-0.1, -0.05) is 18.2 Å². The highest BCUT2D eigenvalue weighted by Crippen LogP contribution is 2.16. The molecule has 1 aliphatic rings. The number of rotatable bonds is 6. The summed E-state index contributed by atoms with van der Waals surface area (Å²) in [5.41, 5.74) is 3.54. The second-order valence-corrected chi connectivity index (χ2v) is 7.95. The minimum atomic E-state index is -0.237. The number of hydrogen-bond donors (Lipinski definition) is 1. The Labute approximate surface area is 187 Å². The molecule has 3 aromatic rings. The van der Waals surface area contributed by atoms with Crippen LogP contribution in [0.4, 0.5) is 5.69 Å². The first-order valence-corrected chi connectivity index (χ1v) is 10.9. The fourth-order valence-corrected chi connectivity index (χ4v) is 3.90. The zero-order valence-corrected chi connectivity index (χ0v) is 18.5. The normalized spacial score (nSPS) is 13.8. The Kier molecular flexibility index (Phi) is 6.49. The van der Waals surface area contributed by atoms with Gasteiger partial charge in [0.2, 0.25) is 5.91 Å². The van der Waals surface area contributed by atoms with Gasteiger partial charge in [0, 0.05) is 56.7 Å². The first-order valence-electron chi connectivity index (χ1n) is 10.9. The monoisotopic (exact) mass is 432 g/mol. The fourth-order valence-electron chi connectivity index (χ4n) is 3.90. The molecule has 3 heterocycles. The molecule has 0 radical (unpaired) electrons. The average molecular weight is 433 g/mol. The van der Waals surface area contributed by atoms with Crippen molar-refractivity contribution in [1.82, 2.24) is 25.0 Å². The molecule has 2 amide bonds. The van der Waals surface area contributed by atoms with E-state index < -0.39 is 0 Å². The van der Waals surface area contributed by atoms with E-state index in [1.807, 2.05) is 43.0 Å². The molecule has 8 nitrogen and oxygen atoms in total. The van der Waals surface area contributed by atoms with Crippen molar-refractivity contribution >= 4 is 17.5 Å². The lowest BCUT2D eigenvalue weighted by molar-refractivity contribution is -0.131. The highest BCUT2D eigenvalue weighted by Gasteiger charge is 2.21. The lowest BCUT2D eigenvalue weighted by Crippen LogP contribution is -2.49. The van der Waals surface area contributed by atoms with E-state index in [-0.39, 0.29) is 18.2 Å². The van der Waals surface area contributed by atoms with Crippen LogP contribution in [0.3, 0.4) is 0 Å². The number of aromatic nitrogens is 3. The van der Waals surface area contributed by atoms with Crippen molar-refractivity contribution in [3.63, 3.8) is 0 Å². The summed E-state index contributed by atoms with van der Waals surface area (Å²) in [7, 11) is 0. The summed E-state index contributed by atoms with van der Waals surface area (Å²) >= 11 is 0. The van der Waals surface area contributed by atoms with Crippen LogP contribution in [0.2, 0.25) is 0 Å². The van der Waals surface area contributed by atoms with Gasteiger partial charge in [0.25, 0.3) is 5.91 Å². The molecule has 2 aromatic heterocycles. The largest absolute Gasteiger partial charge is 0.368 e. The third-order valence-electron chi connectivity index (χ3n) is 5.61. The number of nitrogens with one attached hydrogen (secondary N) is 1. The van der Waals surface area contributed by atoms with E-state index >= 15 is 0 Å². The number of amides is 2. The van der Waals surface area contributed by atoms with E-state index in [0.717, 1.165) is 24.5 Å². The Morgan fingerprint density at radius 1 is 1.00 bits per heavy atom. The van der Waals surface area contributed by atoms with Crippen LogP contribution in [0, 0.1) is 13.8 Å². The molecule has 4 rings (SSSR count). The van der Waals surface area contributed by atoms with Gasteiger partial charge in [-0.3, -0.25) is 9.59 Å².